The van der Waals surface area contributed by atoms with Crippen LogP contribution in [0.25, 0.3) is 16.9 Å². The second kappa shape index (κ2) is 5.57. The largest absolute Gasteiger partial charge is 0.366 e. The number of aldehydes is 1. The predicted molar refractivity (Wildman–Crippen MR) is 78.5 cm³/mol. The Morgan fingerprint density at radius 3 is 2.55 bits per heavy atom. The zero-order valence-corrected chi connectivity index (χ0v) is 11.4. The highest BCUT2D eigenvalue weighted by Crippen LogP contribution is 2.23. The van der Waals surface area contributed by atoms with Crippen molar-refractivity contribution in [2.75, 3.05) is 0 Å². The van der Waals surface area contributed by atoms with Gasteiger partial charge in [0.05, 0.1) is 5.69 Å². The first kappa shape index (κ1) is 13.6. The molecule has 3 rings (SSSR count). The van der Waals surface area contributed by atoms with E-state index in [0.717, 1.165) is 0 Å². The van der Waals surface area contributed by atoms with Crippen LogP contribution in [-0.4, -0.2) is 32.2 Å². The minimum Gasteiger partial charge on any atom is -0.366 e. The molecule has 2 N–H and O–H groups in total. The minimum atomic E-state index is -0.508. The van der Waals surface area contributed by atoms with E-state index in [4.69, 9.17) is 5.73 Å². The summed E-state index contributed by atoms with van der Waals surface area (Å²) in [6.45, 7) is 0. The lowest BCUT2D eigenvalue weighted by Crippen LogP contribution is -2.11. The number of carbonyl (C=O) groups is 2. The normalized spacial score (nSPS) is 10.4. The lowest BCUT2D eigenvalue weighted by Gasteiger charge is -2.07. The Labute approximate surface area is 125 Å². The fourth-order valence-corrected chi connectivity index (χ4v) is 2.09. The van der Waals surface area contributed by atoms with Crippen molar-refractivity contribution in [3.8, 4) is 16.9 Å². The molecular weight excluding hydrogens is 282 g/mol. The second-order valence-electron chi connectivity index (χ2n) is 4.51. The van der Waals surface area contributed by atoms with Crippen molar-refractivity contribution >= 4 is 12.2 Å². The zero-order chi connectivity index (χ0) is 15.5. The third kappa shape index (κ3) is 2.35. The Morgan fingerprint density at radius 1 is 1.18 bits per heavy atom. The van der Waals surface area contributed by atoms with Crippen LogP contribution >= 0.6 is 0 Å². The molecule has 0 radical (unpaired) electrons. The van der Waals surface area contributed by atoms with Gasteiger partial charge in [-0.2, -0.15) is 0 Å². The molecule has 108 valence electrons. The number of nitrogens with two attached hydrogens (primary N) is 1. The summed E-state index contributed by atoms with van der Waals surface area (Å²) in [6.07, 6.45) is 3.91. The number of hydrogen-bond donors (Lipinski definition) is 1. The summed E-state index contributed by atoms with van der Waals surface area (Å²) in [6, 6.07) is 10.1. The van der Waals surface area contributed by atoms with Gasteiger partial charge >= 0.3 is 0 Å². The van der Waals surface area contributed by atoms with Gasteiger partial charge in [0.2, 0.25) is 5.91 Å². The Kier molecular flexibility index (Phi) is 3.45. The van der Waals surface area contributed by atoms with E-state index in [1.807, 2.05) is 6.07 Å². The number of aromatic nitrogens is 4. The minimum absolute atomic E-state index is 0.215. The molecule has 0 spiro atoms. The van der Waals surface area contributed by atoms with Crippen LogP contribution in [0.15, 0.2) is 48.8 Å². The zero-order valence-electron chi connectivity index (χ0n) is 11.4. The molecule has 22 heavy (non-hydrogen) atoms. The van der Waals surface area contributed by atoms with Gasteiger partial charge in [-0.05, 0) is 36.4 Å². The fraction of sp³-hybridized carbons (Fsp3) is 0. The Bertz CT molecular complexity index is 825. The molecule has 0 aliphatic carbocycles. The number of amides is 1. The molecule has 0 aliphatic heterocycles. The quantitative estimate of drug-likeness (QED) is 0.729. The Morgan fingerprint density at radius 2 is 1.95 bits per heavy atom. The molecular formula is C15H11N5O2. The number of nitrogens with zero attached hydrogens (tertiary/aromatic N) is 4. The average Bonchev–Trinajstić information content (AvgIpc) is 2.99. The summed E-state index contributed by atoms with van der Waals surface area (Å²) in [5.74, 6) is -0.508. The van der Waals surface area contributed by atoms with Crippen molar-refractivity contribution in [3.05, 3.63) is 60.0 Å². The maximum absolute atomic E-state index is 11.2. The number of rotatable bonds is 4. The van der Waals surface area contributed by atoms with Crippen LogP contribution in [-0.2, 0) is 0 Å². The van der Waals surface area contributed by atoms with Crippen molar-refractivity contribution in [1.29, 1.82) is 0 Å². The Balaban J connectivity index is 2.14. The van der Waals surface area contributed by atoms with Crippen molar-refractivity contribution in [3.63, 3.8) is 0 Å². The van der Waals surface area contributed by atoms with Gasteiger partial charge in [-0.15, -0.1) is 5.10 Å². The Hall–Kier alpha value is -3.35. The summed E-state index contributed by atoms with van der Waals surface area (Å²) < 4.78 is 1.52. The number of benzene rings is 1. The smallest absolute Gasteiger partial charge is 0.248 e. The van der Waals surface area contributed by atoms with Crippen LogP contribution in [0.5, 0.6) is 0 Å². The first-order chi connectivity index (χ1) is 10.7. The van der Waals surface area contributed by atoms with Crippen molar-refractivity contribution < 1.29 is 9.59 Å². The monoisotopic (exact) mass is 293 g/mol. The topological polar surface area (TPSA) is 104 Å². The van der Waals surface area contributed by atoms with E-state index in [0.29, 0.717) is 28.8 Å². The molecule has 2 aromatic heterocycles. The second-order valence-corrected chi connectivity index (χ2v) is 4.51. The van der Waals surface area contributed by atoms with E-state index in [9.17, 15) is 9.59 Å². The summed E-state index contributed by atoms with van der Waals surface area (Å²) in [7, 11) is 0. The van der Waals surface area contributed by atoms with E-state index >= 15 is 0 Å². The molecule has 0 atom stereocenters. The molecule has 0 fully saturated rings. The van der Waals surface area contributed by atoms with Crippen LogP contribution in [0.1, 0.15) is 20.8 Å². The molecule has 0 saturated heterocycles. The van der Waals surface area contributed by atoms with Crippen LogP contribution in [0.2, 0.25) is 0 Å². The maximum Gasteiger partial charge on any atom is 0.248 e. The predicted octanol–water partition coefficient (Wildman–Crippen LogP) is 1.24. The summed E-state index contributed by atoms with van der Waals surface area (Å²) in [5, 5.41) is 7.87. The van der Waals surface area contributed by atoms with E-state index in [1.165, 1.54) is 4.68 Å². The van der Waals surface area contributed by atoms with Crippen LogP contribution < -0.4 is 5.73 Å². The maximum atomic E-state index is 11.2. The van der Waals surface area contributed by atoms with E-state index in [2.05, 4.69) is 15.3 Å². The molecule has 2 heterocycles. The van der Waals surface area contributed by atoms with Crippen molar-refractivity contribution in [2.24, 2.45) is 5.73 Å². The van der Waals surface area contributed by atoms with Crippen molar-refractivity contribution in [1.82, 2.24) is 20.0 Å². The van der Waals surface area contributed by atoms with Crippen LogP contribution in [0.3, 0.4) is 0 Å². The molecule has 7 heteroatoms. The average molecular weight is 293 g/mol. The van der Waals surface area contributed by atoms with Crippen LogP contribution in [0.4, 0.5) is 0 Å². The highest BCUT2D eigenvalue weighted by Gasteiger charge is 2.16. The van der Waals surface area contributed by atoms with Gasteiger partial charge < -0.3 is 5.73 Å². The first-order valence-electron chi connectivity index (χ1n) is 6.42. The molecule has 1 aromatic carbocycles. The van der Waals surface area contributed by atoms with E-state index in [1.54, 1.807) is 42.7 Å². The van der Waals surface area contributed by atoms with Gasteiger partial charge in [-0.25, -0.2) is 4.68 Å². The number of hydrogen-bond acceptors (Lipinski definition) is 5. The highest BCUT2D eigenvalue weighted by atomic mass is 16.1. The lowest BCUT2D eigenvalue weighted by molar-refractivity contribution is 0.1000. The third-order valence-corrected chi connectivity index (χ3v) is 3.14. The van der Waals surface area contributed by atoms with Crippen LogP contribution in [0, 0.1) is 0 Å². The van der Waals surface area contributed by atoms with Gasteiger partial charge in [0.25, 0.3) is 0 Å². The fourth-order valence-electron chi connectivity index (χ4n) is 2.09. The van der Waals surface area contributed by atoms with Gasteiger partial charge in [-0.1, -0.05) is 5.21 Å². The molecule has 3 aromatic rings. The summed E-state index contributed by atoms with van der Waals surface area (Å²) in [5.41, 5.74) is 7.74. The molecule has 0 aliphatic rings. The summed E-state index contributed by atoms with van der Waals surface area (Å²) in [4.78, 5) is 26.4. The number of carbonyl (C=O) groups excluding carboxylic acids is 2. The van der Waals surface area contributed by atoms with Crippen molar-refractivity contribution in [2.45, 2.75) is 0 Å². The molecule has 1 amide bonds. The van der Waals surface area contributed by atoms with Gasteiger partial charge in [-0.3, -0.25) is 14.6 Å². The summed E-state index contributed by atoms with van der Waals surface area (Å²) >= 11 is 0. The van der Waals surface area contributed by atoms with E-state index < -0.39 is 5.91 Å². The van der Waals surface area contributed by atoms with Gasteiger partial charge in [0, 0.05) is 23.5 Å². The van der Waals surface area contributed by atoms with E-state index in [-0.39, 0.29) is 5.69 Å². The first-order valence-corrected chi connectivity index (χ1v) is 6.42. The molecule has 0 saturated carbocycles. The third-order valence-electron chi connectivity index (χ3n) is 3.14. The van der Waals surface area contributed by atoms with Gasteiger partial charge in [0.1, 0.15) is 5.69 Å². The number of primary amides is 1. The molecule has 0 unspecified atom stereocenters. The molecule has 0 bridgehead atoms. The standard InChI is InChI=1S/C15H11N5O2/c16-15(22)10-3-5-12(6-4-10)20-14(13(9-21)18-19-20)11-2-1-7-17-8-11/h1-9H,(H2,16,22). The number of pyridine rings is 1. The SMILES string of the molecule is NC(=O)c1ccc(-n2nnc(C=O)c2-c2cccnc2)cc1. The highest BCUT2D eigenvalue weighted by molar-refractivity contribution is 5.93. The lowest BCUT2D eigenvalue weighted by atomic mass is 10.1. The molecule has 7 nitrogen and oxygen atoms in total. The van der Waals surface area contributed by atoms with Gasteiger partial charge in [0.15, 0.2) is 12.0 Å².